The van der Waals surface area contributed by atoms with Crippen LogP contribution in [0.4, 0.5) is 0 Å². The molecule has 1 aliphatic rings. The molecule has 1 aliphatic heterocycles. The van der Waals surface area contributed by atoms with Crippen LogP contribution in [0.1, 0.15) is 11.1 Å². The Morgan fingerprint density at radius 1 is 1.04 bits per heavy atom. The molecule has 0 aromatic heterocycles. The fourth-order valence-corrected chi connectivity index (χ4v) is 4.61. The Morgan fingerprint density at radius 3 is 2.36 bits per heavy atom. The first-order chi connectivity index (χ1) is 13.4. The lowest BCUT2D eigenvalue weighted by molar-refractivity contribution is -0.128. The molecule has 0 aliphatic carbocycles. The number of hydrogen-bond acceptors (Lipinski definition) is 5. The Hall–Kier alpha value is -2.22. The van der Waals surface area contributed by atoms with Gasteiger partial charge in [0.05, 0.1) is 18.1 Å². The van der Waals surface area contributed by atoms with Crippen molar-refractivity contribution in [2.45, 2.75) is 13.1 Å². The van der Waals surface area contributed by atoms with Gasteiger partial charge in [-0.1, -0.05) is 42.5 Å². The van der Waals surface area contributed by atoms with Crippen LogP contribution in [0.5, 0.6) is 0 Å². The summed E-state index contributed by atoms with van der Waals surface area (Å²) in [4.78, 5) is 15.5. The summed E-state index contributed by atoms with van der Waals surface area (Å²) in [5.41, 5.74) is 9.86. The zero-order valence-electron chi connectivity index (χ0n) is 16.2. The minimum Gasteiger partial charge on any atom is -0.340 e. The largest absolute Gasteiger partial charge is 0.340 e. The van der Waals surface area contributed by atoms with Crippen molar-refractivity contribution in [3.63, 3.8) is 0 Å². The van der Waals surface area contributed by atoms with Gasteiger partial charge < -0.3 is 10.6 Å². The van der Waals surface area contributed by atoms with Gasteiger partial charge in [0.2, 0.25) is 5.91 Å². The van der Waals surface area contributed by atoms with Crippen LogP contribution in [0.25, 0.3) is 11.1 Å². The highest BCUT2D eigenvalue weighted by Crippen LogP contribution is 2.22. The van der Waals surface area contributed by atoms with Gasteiger partial charge in [0.1, 0.15) is 0 Å². The highest BCUT2D eigenvalue weighted by molar-refractivity contribution is 7.91. The molecular formula is C21H27N3O3S. The molecule has 1 fully saturated rings. The molecule has 28 heavy (non-hydrogen) atoms. The number of rotatable bonds is 6. The maximum Gasteiger partial charge on any atom is 0.236 e. The van der Waals surface area contributed by atoms with Gasteiger partial charge in [0.25, 0.3) is 0 Å². The first-order valence-electron chi connectivity index (χ1n) is 9.41. The van der Waals surface area contributed by atoms with Crippen molar-refractivity contribution in [3.05, 3.63) is 59.7 Å². The number of hydrogen-bond donors (Lipinski definition) is 1. The molecule has 3 rings (SSSR count). The number of carbonyl (C=O) groups excluding carboxylic acids is 1. The highest BCUT2D eigenvalue weighted by Gasteiger charge is 2.21. The van der Waals surface area contributed by atoms with Crippen molar-refractivity contribution in [3.8, 4) is 11.1 Å². The first kappa shape index (κ1) is 20.5. The van der Waals surface area contributed by atoms with Gasteiger partial charge >= 0.3 is 0 Å². The molecular weight excluding hydrogens is 374 g/mol. The van der Waals surface area contributed by atoms with Gasteiger partial charge in [-0.2, -0.15) is 0 Å². The lowest BCUT2D eigenvalue weighted by Crippen LogP contribution is -2.39. The number of benzene rings is 2. The number of sulfone groups is 1. The quantitative estimate of drug-likeness (QED) is 0.793. The predicted octanol–water partition coefficient (Wildman–Crippen LogP) is 1.50. The van der Waals surface area contributed by atoms with E-state index in [4.69, 9.17) is 5.73 Å². The van der Waals surface area contributed by atoms with Crippen molar-refractivity contribution in [1.82, 2.24) is 9.80 Å². The maximum absolute atomic E-state index is 11.7. The predicted molar refractivity (Wildman–Crippen MR) is 111 cm³/mol. The van der Waals surface area contributed by atoms with Crippen LogP contribution in [-0.2, 0) is 27.7 Å². The Bertz CT molecular complexity index is 912. The van der Waals surface area contributed by atoms with E-state index in [1.54, 1.807) is 11.9 Å². The smallest absolute Gasteiger partial charge is 0.236 e. The summed E-state index contributed by atoms with van der Waals surface area (Å²) >= 11 is 0. The van der Waals surface area contributed by atoms with E-state index in [0.29, 0.717) is 19.6 Å². The van der Waals surface area contributed by atoms with Crippen LogP contribution >= 0.6 is 0 Å². The van der Waals surface area contributed by atoms with Gasteiger partial charge in [0, 0.05) is 33.2 Å². The molecule has 2 N–H and O–H groups in total. The van der Waals surface area contributed by atoms with Crippen LogP contribution in [-0.4, -0.2) is 62.3 Å². The average Bonchev–Trinajstić information content (AvgIpc) is 2.69. The summed E-state index contributed by atoms with van der Waals surface area (Å²) in [7, 11) is -1.09. The number of carbonyl (C=O) groups is 1. The van der Waals surface area contributed by atoms with Crippen molar-refractivity contribution in [2.75, 3.05) is 38.2 Å². The molecule has 2 aromatic carbocycles. The normalized spacial score (nSPS) is 16.6. The van der Waals surface area contributed by atoms with Crippen LogP contribution < -0.4 is 5.73 Å². The minimum absolute atomic E-state index is 0.0145. The maximum atomic E-state index is 11.7. The Balaban J connectivity index is 1.65. The van der Waals surface area contributed by atoms with Crippen LogP contribution in [0.15, 0.2) is 48.5 Å². The topological polar surface area (TPSA) is 83.7 Å². The van der Waals surface area contributed by atoms with E-state index in [0.717, 1.165) is 23.2 Å². The van der Waals surface area contributed by atoms with Gasteiger partial charge in [-0.05, 0) is 28.3 Å². The number of likely N-dealkylation sites (N-methyl/N-ethyl adjacent to an activating group) is 1. The molecule has 0 spiro atoms. The van der Waals surface area contributed by atoms with Crippen molar-refractivity contribution in [1.29, 1.82) is 0 Å². The summed E-state index contributed by atoms with van der Waals surface area (Å²) in [5.74, 6) is 0.415. The van der Waals surface area contributed by atoms with E-state index < -0.39 is 9.84 Å². The molecule has 0 atom stereocenters. The van der Waals surface area contributed by atoms with E-state index in [9.17, 15) is 13.2 Å². The monoisotopic (exact) mass is 401 g/mol. The van der Waals surface area contributed by atoms with Crippen LogP contribution in [0.2, 0.25) is 0 Å². The van der Waals surface area contributed by atoms with E-state index >= 15 is 0 Å². The van der Waals surface area contributed by atoms with Crippen molar-refractivity contribution < 1.29 is 13.2 Å². The van der Waals surface area contributed by atoms with E-state index in [-0.39, 0.29) is 24.0 Å². The van der Waals surface area contributed by atoms with Gasteiger partial charge in [-0.15, -0.1) is 0 Å². The van der Waals surface area contributed by atoms with Crippen LogP contribution in [0.3, 0.4) is 0 Å². The lowest BCUT2D eigenvalue weighted by Gasteiger charge is -2.26. The molecule has 150 valence electrons. The van der Waals surface area contributed by atoms with Gasteiger partial charge in [0.15, 0.2) is 9.84 Å². The van der Waals surface area contributed by atoms with E-state index in [1.807, 2.05) is 12.1 Å². The second-order valence-electron chi connectivity index (χ2n) is 7.28. The summed E-state index contributed by atoms with van der Waals surface area (Å²) in [6.07, 6.45) is 0. The summed E-state index contributed by atoms with van der Waals surface area (Å²) in [6, 6.07) is 16.5. The first-order valence-corrected chi connectivity index (χ1v) is 11.2. The Morgan fingerprint density at radius 2 is 1.71 bits per heavy atom. The number of nitrogens with two attached hydrogens (primary N) is 1. The molecule has 0 radical (unpaired) electrons. The zero-order chi connectivity index (χ0) is 20.1. The molecule has 0 unspecified atom stereocenters. The Kier molecular flexibility index (Phi) is 6.49. The summed E-state index contributed by atoms with van der Waals surface area (Å²) in [5, 5.41) is 0. The highest BCUT2D eigenvalue weighted by atomic mass is 32.2. The third-order valence-corrected chi connectivity index (χ3v) is 6.69. The zero-order valence-corrected chi connectivity index (χ0v) is 17.0. The molecule has 6 nitrogen and oxygen atoms in total. The fraction of sp³-hybridized carbons (Fsp3) is 0.381. The van der Waals surface area contributed by atoms with E-state index in [2.05, 4.69) is 41.3 Å². The number of nitrogens with zero attached hydrogens (tertiary/aromatic N) is 2. The number of amides is 1. The van der Waals surface area contributed by atoms with Gasteiger partial charge in [-0.3, -0.25) is 9.69 Å². The Labute approximate surface area is 166 Å². The SMILES string of the molecule is CN(Cc1cccc(-c2ccc(CN3CCS(=O)(=O)CC3)cc2)c1)C(=O)CN. The minimum atomic E-state index is -2.84. The van der Waals surface area contributed by atoms with Crippen molar-refractivity contribution in [2.24, 2.45) is 5.73 Å². The molecule has 7 heteroatoms. The molecule has 1 heterocycles. The van der Waals surface area contributed by atoms with E-state index in [1.165, 1.54) is 5.56 Å². The average molecular weight is 402 g/mol. The molecule has 1 amide bonds. The second-order valence-corrected chi connectivity index (χ2v) is 9.58. The molecule has 2 aromatic rings. The van der Waals surface area contributed by atoms with Crippen LogP contribution in [0, 0.1) is 0 Å². The molecule has 1 saturated heterocycles. The second kappa shape index (κ2) is 8.86. The third-order valence-electron chi connectivity index (χ3n) is 5.08. The third kappa shape index (κ3) is 5.41. The standard InChI is InChI=1S/C21H27N3O3S/c1-23(21(25)14-22)15-18-3-2-4-20(13-18)19-7-5-17(6-8-19)16-24-9-11-28(26,27)12-10-24/h2-8,13H,9-12,14-16,22H2,1H3. The lowest BCUT2D eigenvalue weighted by atomic mass is 10.0. The van der Waals surface area contributed by atoms with Crippen molar-refractivity contribution >= 4 is 15.7 Å². The fourth-order valence-electron chi connectivity index (χ4n) is 3.34. The molecule has 0 bridgehead atoms. The summed E-state index contributed by atoms with van der Waals surface area (Å²) < 4.78 is 23.1. The van der Waals surface area contributed by atoms with Gasteiger partial charge in [-0.25, -0.2) is 8.42 Å². The summed E-state index contributed by atoms with van der Waals surface area (Å²) in [6.45, 7) is 2.50. The molecule has 0 saturated carbocycles.